The van der Waals surface area contributed by atoms with Gasteiger partial charge in [-0.15, -0.1) is 11.3 Å². The molecular weight excluding hydrogens is 415 g/mol. The van der Waals surface area contributed by atoms with E-state index >= 15 is 0 Å². The number of alkyl halides is 3. The lowest BCUT2D eigenvalue weighted by Crippen LogP contribution is -2.24. The van der Waals surface area contributed by atoms with Crippen LogP contribution in [0.15, 0.2) is 17.5 Å². The number of carbonyl (C=O) groups is 1. The molecular formula is C21H26F3N3O2S. The number of aromatic nitrogens is 1. The maximum atomic E-state index is 12.9. The molecule has 0 fully saturated rings. The third-order valence-corrected chi connectivity index (χ3v) is 5.52. The summed E-state index contributed by atoms with van der Waals surface area (Å²) in [6.45, 7) is 9.28. The molecule has 0 unspecified atom stereocenters. The number of anilines is 2. The van der Waals surface area contributed by atoms with Crippen molar-refractivity contribution < 1.29 is 22.7 Å². The van der Waals surface area contributed by atoms with E-state index in [4.69, 9.17) is 4.74 Å². The normalized spacial score (nSPS) is 14.7. The van der Waals surface area contributed by atoms with E-state index in [9.17, 15) is 18.0 Å². The Hall–Kier alpha value is -2.29. The number of carbonyl (C=O) groups excluding carboxylic acids is 1. The molecule has 164 valence electrons. The lowest BCUT2D eigenvalue weighted by Gasteiger charge is -2.24. The standard InChI is InChI=1S/C21H26F3N3O2S/c1-13-8-16-17(9-15(13)26-18(28)10-20(2,3)4)29-7-5-6-27(16)11-14-12-30-19(25-14)21(22,23)24/h8-9,12H,5-7,10-11H2,1-4H3,(H,26,28). The number of aryl methyl sites for hydroxylation is 1. The van der Waals surface area contributed by atoms with Crippen LogP contribution in [0.4, 0.5) is 24.5 Å². The Labute approximate surface area is 178 Å². The molecule has 0 bridgehead atoms. The van der Waals surface area contributed by atoms with E-state index in [-0.39, 0.29) is 17.9 Å². The molecule has 0 saturated heterocycles. The highest BCUT2D eigenvalue weighted by atomic mass is 32.1. The van der Waals surface area contributed by atoms with Crippen LogP contribution in [0.3, 0.4) is 0 Å². The zero-order valence-electron chi connectivity index (χ0n) is 17.5. The average molecular weight is 442 g/mol. The maximum Gasteiger partial charge on any atom is 0.443 e. The number of thiazole rings is 1. The zero-order valence-corrected chi connectivity index (χ0v) is 18.3. The molecule has 1 aliphatic rings. The van der Waals surface area contributed by atoms with Crippen molar-refractivity contribution in [3.8, 4) is 5.75 Å². The molecule has 9 heteroatoms. The number of hydrogen-bond acceptors (Lipinski definition) is 5. The maximum absolute atomic E-state index is 12.9. The minimum Gasteiger partial charge on any atom is -0.491 e. The van der Waals surface area contributed by atoms with Gasteiger partial charge in [-0.2, -0.15) is 13.2 Å². The van der Waals surface area contributed by atoms with Gasteiger partial charge in [0.2, 0.25) is 5.91 Å². The Morgan fingerprint density at radius 1 is 1.30 bits per heavy atom. The second kappa shape index (κ2) is 8.45. The first-order valence-electron chi connectivity index (χ1n) is 9.76. The van der Waals surface area contributed by atoms with Crippen molar-refractivity contribution in [3.05, 3.63) is 33.8 Å². The number of nitrogens with zero attached hydrogens (tertiary/aromatic N) is 2. The van der Waals surface area contributed by atoms with Crippen molar-refractivity contribution in [2.45, 2.75) is 53.3 Å². The van der Waals surface area contributed by atoms with Crippen LogP contribution < -0.4 is 15.0 Å². The molecule has 30 heavy (non-hydrogen) atoms. The fourth-order valence-corrected chi connectivity index (χ4v) is 3.95. The van der Waals surface area contributed by atoms with E-state index < -0.39 is 11.2 Å². The summed E-state index contributed by atoms with van der Waals surface area (Å²) >= 11 is 0.607. The number of amides is 1. The van der Waals surface area contributed by atoms with Crippen molar-refractivity contribution in [2.75, 3.05) is 23.4 Å². The quantitative estimate of drug-likeness (QED) is 0.668. The molecule has 0 atom stereocenters. The zero-order chi connectivity index (χ0) is 22.1. The highest BCUT2D eigenvalue weighted by Crippen LogP contribution is 2.38. The Morgan fingerprint density at radius 2 is 2.03 bits per heavy atom. The number of ether oxygens (including phenoxy) is 1. The van der Waals surface area contributed by atoms with Gasteiger partial charge in [0, 0.05) is 30.1 Å². The number of benzene rings is 1. The smallest absolute Gasteiger partial charge is 0.443 e. The number of fused-ring (bicyclic) bond motifs is 1. The van der Waals surface area contributed by atoms with Gasteiger partial charge >= 0.3 is 6.18 Å². The van der Waals surface area contributed by atoms with Gasteiger partial charge in [-0.3, -0.25) is 4.79 Å². The van der Waals surface area contributed by atoms with Gasteiger partial charge in [0.05, 0.1) is 24.5 Å². The molecule has 1 aliphatic heterocycles. The van der Waals surface area contributed by atoms with Crippen molar-refractivity contribution in [2.24, 2.45) is 5.41 Å². The predicted octanol–water partition coefficient (Wildman–Crippen LogP) is 5.63. The highest BCUT2D eigenvalue weighted by molar-refractivity contribution is 7.09. The molecule has 1 aromatic carbocycles. The molecule has 0 aliphatic carbocycles. The molecule has 0 radical (unpaired) electrons. The van der Waals surface area contributed by atoms with E-state index in [1.54, 1.807) is 6.07 Å². The first kappa shape index (κ1) is 22.4. The van der Waals surface area contributed by atoms with Crippen LogP contribution >= 0.6 is 11.3 Å². The summed E-state index contributed by atoms with van der Waals surface area (Å²) in [7, 11) is 0. The molecule has 2 heterocycles. The summed E-state index contributed by atoms with van der Waals surface area (Å²) in [6, 6.07) is 3.70. The van der Waals surface area contributed by atoms with Crippen LogP contribution in [-0.2, 0) is 17.5 Å². The fraction of sp³-hybridized carbons (Fsp3) is 0.524. The molecule has 3 rings (SSSR count). The highest BCUT2D eigenvalue weighted by Gasteiger charge is 2.34. The Kier molecular flexibility index (Phi) is 6.31. The lowest BCUT2D eigenvalue weighted by atomic mass is 9.92. The van der Waals surface area contributed by atoms with E-state index in [1.165, 1.54) is 5.38 Å². The largest absolute Gasteiger partial charge is 0.491 e. The summed E-state index contributed by atoms with van der Waals surface area (Å²) in [5.41, 5.74) is 2.58. The molecule has 5 nitrogen and oxygen atoms in total. The molecule has 0 spiro atoms. The number of nitrogens with one attached hydrogen (secondary N) is 1. The Bertz CT molecular complexity index is 919. The third kappa shape index (κ3) is 5.65. The Morgan fingerprint density at radius 3 is 2.67 bits per heavy atom. The van der Waals surface area contributed by atoms with Gasteiger partial charge in [0.1, 0.15) is 5.75 Å². The second-order valence-electron chi connectivity index (χ2n) is 8.69. The summed E-state index contributed by atoms with van der Waals surface area (Å²) in [4.78, 5) is 18.1. The number of hydrogen-bond donors (Lipinski definition) is 1. The second-order valence-corrected chi connectivity index (χ2v) is 9.54. The van der Waals surface area contributed by atoms with E-state index in [0.29, 0.717) is 48.0 Å². The van der Waals surface area contributed by atoms with Gasteiger partial charge < -0.3 is 15.0 Å². The Balaban J connectivity index is 1.83. The molecule has 1 amide bonds. The van der Waals surface area contributed by atoms with E-state index in [1.807, 2.05) is 38.7 Å². The van der Waals surface area contributed by atoms with Gasteiger partial charge in [-0.25, -0.2) is 4.98 Å². The minimum absolute atomic E-state index is 0.0711. The van der Waals surface area contributed by atoms with Crippen molar-refractivity contribution in [1.82, 2.24) is 4.98 Å². The fourth-order valence-electron chi connectivity index (χ4n) is 3.27. The first-order chi connectivity index (χ1) is 13.9. The van der Waals surface area contributed by atoms with Crippen LogP contribution in [0.2, 0.25) is 0 Å². The third-order valence-electron chi connectivity index (χ3n) is 4.59. The summed E-state index contributed by atoms with van der Waals surface area (Å²) in [5, 5.41) is 3.56. The number of rotatable bonds is 4. The van der Waals surface area contributed by atoms with Gasteiger partial charge in [0.25, 0.3) is 0 Å². The summed E-state index contributed by atoms with van der Waals surface area (Å²) in [6.07, 6.45) is -3.31. The van der Waals surface area contributed by atoms with Gasteiger partial charge in [-0.05, 0) is 30.4 Å². The summed E-state index contributed by atoms with van der Waals surface area (Å²) < 4.78 is 44.5. The molecule has 1 N–H and O–H groups in total. The van der Waals surface area contributed by atoms with Crippen LogP contribution in [0.5, 0.6) is 5.75 Å². The minimum atomic E-state index is -4.43. The monoisotopic (exact) mass is 441 g/mol. The molecule has 2 aromatic rings. The first-order valence-corrected chi connectivity index (χ1v) is 10.6. The van der Waals surface area contributed by atoms with Crippen LogP contribution in [0, 0.1) is 12.3 Å². The predicted molar refractivity (Wildman–Crippen MR) is 112 cm³/mol. The van der Waals surface area contributed by atoms with Crippen molar-refractivity contribution in [1.29, 1.82) is 0 Å². The summed E-state index contributed by atoms with van der Waals surface area (Å²) in [5.74, 6) is 0.536. The van der Waals surface area contributed by atoms with Crippen molar-refractivity contribution >= 4 is 28.6 Å². The number of halogens is 3. The molecule has 0 saturated carbocycles. The van der Waals surface area contributed by atoms with Crippen molar-refractivity contribution in [3.63, 3.8) is 0 Å². The van der Waals surface area contributed by atoms with Crippen LogP contribution in [0.1, 0.15) is 49.9 Å². The topological polar surface area (TPSA) is 54.5 Å². The van der Waals surface area contributed by atoms with Crippen LogP contribution in [0.25, 0.3) is 0 Å². The van der Waals surface area contributed by atoms with Crippen LogP contribution in [-0.4, -0.2) is 24.0 Å². The van der Waals surface area contributed by atoms with E-state index in [2.05, 4.69) is 10.3 Å². The van der Waals surface area contributed by atoms with Gasteiger partial charge in [-0.1, -0.05) is 20.8 Å². The lowest BCUT2D eigenvalue weighted by molar-refractivity contribution is -0.137. The van der Waals surface area contributed by atoms with E-state index in [0.717, 1.165) is 17.7 Å². The SMILES string of the molecule is Cc1cc2c(cc1NC(=O)CC(C)(C)C)OCCCN2Cc1csc(C(F)(F)F)n1. The average Bonchev–Trinajstić information content (AvgIpc) is 2.99. The molecule has 1 aromatic heterocycles. The van der Waals surface area contributed by atoms with Gasteiger partial charge in [0.15, 0.2) is 5.01 Å².